The Kier molecular flexibility index (Phi) is 4.74. The SMILES string of the molecule is CCN(Cc1ccccc1)c1c(F)cccc1[C@H](C)N. The van der Waals surface area contributed by atoms with Crippen LogP contribution in [-0.4, -0.2) is 6.54 Å². The van der Waals surface area contributed by atoms with Gasteiger partial charge < -0.3 is 10.6 Å². The van der Waals surface area contributed by atoms with E-state index in [2.05, 4.69) is 12.1 Å². The molecule has 0 saturated carbocycles. The number of para-hydroxylation sites is 1. The Morgan fingerprint density at radius 1 is 1.10 bits per heavy atom. The lowest BCUT2D eigenvalue weighted by molar-refractivity contribution is 0.611. The predicted octanol–water partition coefficient (Wildman–Crippen LogP) is 3.87. The summed E-state index contributed by atoms with van der Waals surface area (Å²) in [6.45, 7) is 5.32. The standard InChI is InChI=1S/C17H21FN2/c1-3-20(12-14-8-5-4-6-9-14)17-15(13(2)19)10-7-11-16(17)18/h4-11,13H,3,12,19H2,1-2H3/t13-/m0/s1. The van der Waals surface area contributed by atoms with Gasteiger partial charge in [-0.2, -0.15) is 0 Å². The number of hydrogen-bond acceptors (Lipinski definition) is 2. The Morgan fingerprint density at radius 3 is 2.40 bits per heavy atom. The van der Waals surface area contributed by atoms with Gasteiger partial charge in [-0.3, -0.25) is 0 Å². The molecule has 0 amide bonds. The van der Waals surface area contributed by atoms with Gasteiger partial charge in [-0.25, -0.2) is 4.39 Å². The van der Waals surface area contributed by atoms with Crippen LogP contribution in [0.15, 0.2) is 48.5 Å². The van der Waals surface area contributed by atoms with E-state index in [-0.39, 0.29) is 11.9 Å². The van der Waals surface area contributed by atoms with Crippen LogP contribution in [0.3, 0.4) is 0 Å². The molecule has 106 valence electrons. The second-order valence-corrected chi connectivity index (χ2v) is 4.97. The zero-order valence-corrected chi connectivity index (χ0v) is 12.0. The maximum Gasteiger partial charge on any atom is 0.146 e. The van der Waals surface area contributed by atoms with Gasteiger partial charge >= 0.3 is 0 Å². The van der Waals surface area contributed by atoms with Gasteiger partial charge in [0.2, 0.25) is 0 Å². The molecule has 0 heterocycles. The van der Waals surface area contributed by atoms with E-state index >= 15 is 0 Å². The van der Waals surface area contributed by atoms with Crippen molar-refractivity contribution in [2.24, 2.45) is 5.73 Å². The molecule has 20 heavy (non-hydrogen) atoms. The third kappa shape index (κ3) is 3.17. The first-order valence-corrected chi connectivity index (χ1v) is 6.96. The van der Waals surface area contributed by atoms with E-state index in [1.165, 1.54) is 6.07 Å². The lowest BCUT2D eigenvalue weighted by atomic mass is 10.0. The van der Waals surface area contributed by atoms with Crippen LogP contribution in [0, 0.1) is 5.82 Å². The molecular weight excluding hydrogens is 251 g/mol. The number of hydrogen-bond donors (Lipinski definition) is 1. The van der Waals surface area contributed by atoms with E-state index in [0.717, 1.165) is 17.7 Å². The molecule has 0 saturated heterocycles. The summed E-state index contributed by atoms with van der Waals surface area (Å²) in [4.78, 5) is 2.03. The Bertz CT molecular complexity index is 552. The molecule has 0 bridgehead atoms. The second kappa shape index (κ2) is 6.53. The fourth-order valence-corrected chi connectivity index (χ4v) is 2.39. The van der Waals surface area contributed by atoms with Gasteiger partial charge in [-0.1, -0.05) is 42.5 Å². The Morgan fingerprint density at radius 2 is 1.80 bits per heavy atom. The molecule has 0 aromatic heterocycles. The van der Waals surface area contributed by atoms with Gasteiger partial charge in [-0.15, -0.1) is 0 Å². The van der Waals surface area contributed by atoms with Crippen molar-refractivity contribution in [3.05, 3.63) is 65.5 Å². The number of rotatable bonds is 5. The van der Waals surface area contributed by atoms with Crippen LogP contribution in [0.2, 0.25) is 0 Å². The average molecular weight is 272 g/mol. The highest BCUT2D eigenvalue weighted by Crippen LogP contribution is 2.29. The summed E-state index contributed by atoms with van der Waals surface area (Å²) in [5.41, 5.74) is 8.61. The molecule has 3 heteroatoms. The average Bonchev–Trinajstić information content (AvgIpc) is 2.46. The normalized spacial score (nSPS) is 12.2. The molecular formula is C17H21FN2. The van der Waals surface area contributed by atoms with Crippen molar-refractivity contribution in [1.29, 1.82) is 0 Å². The van der Waals surface area contributed by atoms with Crippen molar-refractivity contribution in [2.45, 2.75) is 26.4 Å². The lowest BCUT2D eigenvalue weighted by Gasteiger charge is -2.27. The maximum atomic E-state index is 14.3. The summed E-state index contributed by atoms with van der Waals surface area (Å²) in [6, 6.07) is 15.0. The highest BCUT2D eigenvalue weighted by molar-refractivity contribution is 5.56. The van der Waals surface area contributed by atoms with Crippen LogP contribution in [0.4, 0.5) is 10.1 Å². The summed E-state index contributed by atoms with van der Waals surface area (Å²) < 4.78 is 14.3. The van der Waals surface area contributed by atoms with Crippen LogP contribution >= 0.6 is 0 Å². The topological polar surface area (TPSA) is 29.3 Å². The molecule has 2 nitrogen and oxygen atoms in total. The number of benzene rings is 2. The largest absolute Gasteiger partial charge is 0.365 e. The molecule has 0 radical (unpaired) electrons. The Hall–Kier alpha value is -1.87. The van der Waals surface area contributed by atoms with Crippen molar-refractivity contribution in [1.82, 2.24) is 0 Å². The van der Waals surface area contributed by atoms with E-state index in [0.29, 0.717) is 12.2 Å². The predicted molar refractivity (Wildman–Crippen MR) is 82.2 cm³/mol. The first kappa shape index (κ1) is 14.5. The summed E-state index contributed by atoms with van der Waals surface area (Å²) >= 11 is 0. The molecule has 1 atom stereocenters. The van der Waals surface area contributed by atoms with E-state index in [9.17, 15) is 4.39 Å². The van der Waals surface area contributed by atoms with Gasteiger partial charge in [0, 0.05) is 19.1 Å². The Labute approximate surface area is 120 Å². The molecule has 0 aliphatic rings. The van der Waals surface area contributed by atoms with Crippen molar-refractivity contribution in [3.63, 3.8) is 0 Å². The van der Waals surface area contributed by atoms with Gasteiger partial charge in [0.1, 0.15) is 5.82 Å². The van der Waals surface area contributed by atoms with E-state index in [1.54, 1.807) is 6.07 Å². The highest BCUT2D eigenvalue weighted by Gasteiger charge is 2.17. The van der Waals surface area contributed by atoms with Crippen molar-refractivity contribution >= 4 is 5.69 Å². The quantitative estimate of drug-likeness (QED) is 0.895. The van der Waals surface area contributed by atoms with Gasteiger partial charge in [0.25, 0.3) is 0 Å². The smallest absolute Gasteiger partial charge is 0.146 e. The molecule has 0 spiro atoms. The number of nitrogens with two attached hydrogens (primary N) is 1. The van der Waals surface area contributed by atoms with E-state index < -0.39 is 0 Å². The minimum Gasteiger partial charge on any atom is -0.365 e. The minimum atomic E-state index is -0.211. The fourth-order valence-electron chi connectivity index (χ4n) is 2.39. The minimum absolute atomic E-state index is 0.189. The Balaban J connectivity index is 2.37. The zero-order valence-electron chi connectivity index (χ0n) is 12.0. The van der Waals surface area contributed by atoms with Crippen LogP contribution in [0.1, 0.15) is 31.0 Å². The molecule has 0 fully saturated rings. The van der Waals surface area contributed by atoms with Crippen molar-refractivity contribution in [2.75, 3.05) is 11.4 Å². The summed E-state index contributed by atoms with van der Waals surface area (Å²) in [5, 5.41) is 0. The van der Waals surface area contributed by atoms with E-state index in [4.69, 9.17) is 5.73 Å². The van der Waals surface area contributed by atoms with Gasteiger partial charge in [-0.05, 0) is 31.0 Å². The maximum absolute atomic E-state index is 14.3. The number of nitrogens with zero attached hydrogens (tertiary/aromatic N) is 1. The highest BCUT2D eigenvalue weighted by atomic mass is 19.1. The third-order valence-electron chi connectivity index (χ3n) is 3.42. The molecule has 0 aliphatic carbocycles. The molecule has 0 unspecified atom stereocenters. The first-order chi connectivity index (χ1) is 9.63. The molecule has 2 N–H and O–H groups in total. The first-order valence-electron chi connectivity index (χ1n) is 6.96. The second-order valence-electron chi connectivity index (χ2n) is 4.97. The van der Waals surface area contributed by atoms with Crippen LogP contribution in [-0.2, 0) is 6.54 Å². The molecule has 2 rings (SSSR count). The number of anilines is 1. The van der Waals surface area contributed by atoms with Crippen LogP contribution in [0.25, 0.3) is 0 Å². The van der Waals surface area contributed by atoms with Crippen LogP contribution < -0.4 is 10.6 Å². The third-order valence-corrected chi connectivity index (χ3v) is 3.42. The fraction of sp³-hybridized carbons (Fsp3) is 0.294. The lowest BCUT2D eigenvalue weighted by Crippen LogP contribution is -2.25. The summed E-state index contributed by atoms with van der Waals surface area (Å²) in [6.07, 6.45) is 0. The van der Waals surface area contributed by atoms with Crippen molar-refractivity contribution < 1.29 is 4.39 Å². The monoisotopic (exact) mass is 272 g/mol. The molecule has 2 aromatic rings. The van der Waals surface area contributed by atoms with Crippen LogP contribution in [0.5, 0.6) is 0 Å². The number of halogens is 1. The van der Waals surface area contributed by atoms with Gasteiger partial charge in [0.05, 0.1) is 5.69 Å². The van der Waals surface area contributed by atoms with Gasteiger partial charge in [0.15, 0.2) is 0 Å². The molecule has 0 aliphatic heterocycles. The van der Waals surface area contributed by atoms with E-state index in [1.807, 2.05) is 43.0 Å². The van der Waals surface area contributed by atoms with Crippen molar-refractivity contribution in [3.8, 4) is 0 Å². The zero-order chi connectivity index (χ0) is 14.5. The summed E-state index contributed by atoms with van der Waals surface area (Å²) in [5.74, 6) is -0.211. The molecule has 2 aromatic carbocycles. The summed E-state index contributed by atoms with van der Waals surface area (Å²) in [7, 11) is 0.